The van der Waals surface area contributed by atoms with E-state index < -0.39 is 21.9 Å². The molecule has 0 radical (unpaired) electrons. The Morgan fingerprint density at radius 3 is 2.55 bits per heavy atom. The molecule has 1 heterocycles. The minimum Gasteiger partial charge on any atom is -0.490 e. The van der Waals surface area contributed by atoms with Gasteiger partial charge < -0.3 is 24.4 Å². The SMILES string of the molecule is CCCN(C)C[C@H]1OCCCC[C@H](C)Oc2ccc(NS(=O)(=O)c3ccc(F)cc3)cc2C(=O)N([C@H](C)CO)C[C@H]1C. The lowest BCUT2D eigenvalue weighted by atomic mass is 10.0. The number of hydrogen-bond donors (Lipinski definition) is 2. The number of amides is 1. The van der Waals surface area contributed by atoms with Gasteiger partial charge in [-0.1, -0.05) is 13.8 Å². The Labute approximate surface area is 250 Å². The maximum Gasteiger partial charge on any atom is 0.261 e. The highest BCUT2D eigenvalue weighted by atomic mass is 32.2. The predicted octanol–water partition coefficient (Wildman–Crippen LogP) is 4.76. The summed E-state index contributed by atoms with van der Waals surface area (Å²) in [6.45, 7) is 10.2. The highest BCUT2D eigenvalue weighted by Gasteiger charge is 2.30. The van der Waals surface area contributed by atoms with Gasteiger partial charge in [-0.25, -0.2) is 12.8 Å². The van der Waals surface area contributed by atoms with Crippen molar-refractivity contribution in [3.05, 3.63) is 53.8 Å². The number of fused-ring (bicyclic) bond motifs is 1. The maximum atomic E-state index is 14.2. The fourth-order valence-corrected chi connectivity index (χ4v) is 6.11. The van der Waals surface area contributed by atoms with Crippen molar-refractivity contribution in [3.8, 4) is 5.75 Å². The van der Waals surface area contributed by atoms with E-state index in [1.807, 2.05) is 13.8 Å². The summed E-state index contributed by atoms with van der Waals surface area (Å²) in [7, 11) is -1.98. The molecule has 234 valence electrons. The molecule has 9 nitrogen and oxygen atoms in total. The first kappa shape index (κ1) is 33.8. The molecule has 2 aromatic rings. The number of aliphatic hydroxyl groups excluding tert-OH is 1. The van der Waals surface area contributed by atoms with Gasteiger partial charge in [-0.2, -0.15) is 0 Å². The summed E-state index contributed by atoms with van der Waals surface area (Å²) in [4.78, 5) is 17.9. The van der Waals surface area contributed by atoms with Crippen LogP contribution in [-0.4, -0.2) is 87.4 Å². The largest absolute Gasteiger partial charge is 0.490 e. The summed E-state index contributed by atoms with van der Waals surface area (Å²) in [5.74, 6) is -0.638. The molecule has 11 heteroatoms. The number of ether oxygens (including phenoxy) is 2. The average molecular weight is 608 g/mol. The number of rotatable bonds is 9. The first-order chi connectivity index (χ1) is 19.9. The van der Waals surface area contributed by atoms with Crippen molar-refractivity contribution in [2.45, 2.75) is 76.5 Å². The summed E-state index contributed by atoms with van der Waals surface area (Å²) in [6, 6.07) is 8.58. The van der Waals surface area contributed by atoms with E-state index in [2.05, 4.69) is 23.6 Å². The van der Waals surface area contributed by atoms with Gasteiger partial charge in [0.05, 0.1) is 35.3 Å². The maximum absolute atomic E-state index is 14.2. The van der Waals surface area contributed by atoms with Crippen molar-refractivity contribution >= 4 is 21.6 Å². The molecule has 3 rings (SSSR count). The van der Waals surface area contributed by atoms with Crippen molar-refractivity contribution in [1.29, 1.82) is 0 Å². The molecule has 0 bridgehead atoms. The molecule has 4 atom stereocenters. The second-order valence-electron chi connectivity index (χ2n) is 11.3. The molecule has 0 fully saturated rings. The third-order valence-electron chi connectivity index (χ3n) is 7.52. The van der Waals surface area contributed by atoms with Gasteiger partial charge in [-0.05, 0) is 95.6 Å². The third kappa shape index (κ3) is 9.39. The summed E-state index contributed by atoms with van der Waals surface area (Å²) in [5.41, 5.74) is 0.349. The topological polar surface area (TPSA) is 108 Å². The van der Waals surface area contributed by atoms with E-state index in [0.717, 1.165) is 50.9 Å². The van der Waals surface area contributed by atoms with Gasteiger partial charge in [0.1, 0.15) is 11.6 Å². The minimum atomic E-state index is -4.04. The zero-order valence-electron chi connectivity index (χ0n) is 25.4. The van der Waals surface area contributed by atoms with Crippen LogP contribution in [0, 0.1) is 11.7 Å². The number of halogens is 1. The third-order valence-corrected chi connectivity index (χ3v) is 8.92. The predicted molar refractivity (Wildman–Crippen MR) is 162 cm³/mol. The molecule has 2 N–H and O–H groups in total. The molecular formula is C31H46FN3O6S. The normalized spacial score (nSPS) is 21.8. The van der Waals surface area contributed by atoms with Crippen LogP contribution in [0.2, 0.25) is 0 Å². The molecular weight excluding hydrogens is 561 g/mol. The van der Waals surface area contributed by atoms with Crippen LogP contribution in [0.1, 0.15) is 63.7 Å². The summed E-state index contributed by atoms with van der Waals surface area (Å²) >= 11 is 0. The quantitative estimate of drug-likeness (QED) is 0.423. The fourth-order valence-electron chi connectivity index (χ4n) is 5.06. The molecule has 0 aliphatic carbocycles. The van der Waals surface area contributed by atoms with E-state index in [4.69, 9.17) is 9.47 Å². The van der Waals surface area contributed by atoms with Crippen LogP contribution in [-0.2, 0) is 14.8 Å². The second-order valence-corrected chi connectivity index (χ2v) is 13.0. The Hall–Kier alpha value is -2.73. The van der Waals surface area contributed by atoms with Crippen LogP contribution >= 0.6 is 0 Å². The fraction of sp³-hybridized carbons (Fsp3) is 0.581. The Bertz CT molecular complexity index is 1260. The number of carbonyl (C=O) groups excluding carboxylic acids is 1. The van der Waals surface area contributed by atoms with Gasteiger partial charge >= 0.3 is 0 Å². The molecule has 1 amide bonds. The summed E-state index contributed by atoms with van der Waals surface area (Å²) < 4.78 is 54.5. The van der Waals surface area contributed by atoms with Crippen molar-refractivity contribution in [2.75, 3.05) is 44.6 Å². The lowest BCUT2D eigenvalue weighted by Crippen LogP contribution is -2.47. The molecule has 1 aliphatic rings. The standard InChI is InChI=1S/C31H46FN3O6S/c1-6-16-34(5)20-30-22(2)19-35(23(3)21-36)31(37)28-18-26(33-42(38,39)27-13-10-25(32)11-14-27)12-15-29(28)41-24(4)9-7-8-17-40-30/h10-15,18,22-24,30,33,36H,6-9,16-17,19-21H2,1-5H3/t22-,23-,24+,30-/m1/s1. The summed E-state index contributed by atoms with van der Waals surface area (Å²) in [6.07, 6.45) is 3.22. The highest BCUT2D eigenvalue weighted by Crippen LogP contribution is 2.29. The first-order valence-corrected chi connectivity index (χ1v) is 16.2. The first-order valence-electron chi connectivity index (χ1n) is 14.8. The second kappa shape index (κ2) is 15.7. The van der Waals surface area contributed by atoms with Crippen LogP contribution in [0.4, 0.5) is 10.1 Å². The van der Waals surface area contributed by atoms with E-state index in [-0.39, 0.29) is 46.8 Å². The van der Waals surface area contributed by atoms with Crippen molar-refractivity contribution in [3.63, 3.8) is 0 Å². The number of sulfonamides is 1. The van der Waals surface area contributed by atoms with Crippen molar-refractivity contribution < 1.29 is 32.2 Å². The van der Waals surface area contributed by atoms with Crippen molar-refractivity contribution in [1.82, 2.24) is 9.80 Å². The van der Waals surface area contributed by atoms with E-state index in [0.29, 0.717) is 18.9 Å². The molecule has 0 unspecified atom stereocenters. The minimum absolute atomic E-state index is 0.0475. The van der Waals surface area contributed by atoms with E-state index >= 15 is 0 Å². The van der Waals surface area contributed by atoms with Gasteiger partial charge in [0.2, 0.25) is 0 Å². The smallest absolute Gasteiger partial charge is 0.261 e. The summed E-state index contributed by atoms with van der Waals surface area (Å²) in [5, 5.41) is 10.1. The number of aliphatic hydroxyl groups is 1. The number of nitrogens with zero attached hydrogens (tertiary/aromatic N) is 2. The molecule has 0 saturated carbocycles. The molecule has 42 heavy (non-hydrogen) atoms. The van der Waals surface area contributed by atoms with Crippen LogP contribution < -0.4 is 9.46 Å². The number of benzene rings is 2. The number of carbonyl (C=O) groups is 1. The number of nitrogens with one attached hydrogen (secondary N) is 1. The Morgan fingerprint density at radius 1 is 1.17 bits per heavy atom. The zero-order chi connectivity index (χ0) is 30.9. The molecule has 0 saturated heterocycles. The molecule has 0 spiro atoms. The van der Waals surface area contributed by atoms with Crippen LogP contribution in [0.5, 0.6) is 5.75 Å². The number of hydrogen-bond acceptors (Lipinski definition) is 7. The Morgan fingerprint density at radius 2 is 1.88 bits per heavy atom. The van der Waals surface area contributed by atoms with Crippen LogP contribution in [0.25, 0.3) is 0 Å². The molecule has 1 aliphatic heterocycles. The monoisotopic (exact) mass is 607 g/mol. The van der Waals surface area contributed by atoms with Gasteiger partial charge in [-0.15, -0.1) is 0 Å². The van der Waals surface area contributed by atoms with E-state index in [1.165, 1.54) is 18.2 Å². The zero-order valence-corrected chi connectivity index (χ0v) is 26.2. The number of anilines is 1. The van der Waals surface area contributed by atoms with Crippen molar-refractivity contribution in [2.24, 2.45) is 5.92 Å². The highest BCUT2D eigenvalue weighted by molar-refractivity contribution is 7.92. The average Bonchev–Trinajstić information content (AvgIpc) is 2.94. The van der Waals surface area contributed by atoms with Crippen LogP contribution in [0.15, 0.2) is 47.4 Å². The van der Waals surface area contributed by atoms with E-state index in [9.17, 15) is 22.7 Å². The van der Waals surface area contributed by atoms with Crippen LogP contribution in [0.3, 0.4) is 0 Å². The lowest BCUT2D eigenvalue weighted by molar-refractivity contribution is -0.0167. The molecule has 2 aromatic carbocycles. The van der Waals surface area contributed by atoms with Gasteiger partial charge in [0, 0.05) is 31.3 Å². The van der Waals surface area contributed by atoms with Gasteiger partial charge in [0.25, 0.3) is 15.9 Å². The lowest BCUT2D eigenvalue weighted by Gasteiger charge is -2.35. The van der Waals surface area contributed by atoms with E-state index in [1.54, 1.807) is 24.0 Å². The Balaban J connectivity index is 2.00. The Kier molecular flexibility index (Phi) is 12.6. The number of likely N-dealkylation sites (N-methyl/N-ethyl adjacent to an activating group) is 1. The molecule has 0 aromatic heterocycles. The van der Waals surface area contributed by atoms with Gasteiger partial charge in [0.15, 0.2) is 0 Å². The van der Waals surface area contributed by atoms with Gasteiger partial charge in [-0.3, -0.25) is 9.52 Å².